The van der Waals surface area contributed by atoms with Crippen molar-refractivity contribution in [2.45, 2.75) is 12.3 Å². The van der Waals surface area contributed by atoms with Crippen LogP contribution in [0.1, 0.15) is 6.92 Å². The zero-order valence-corrected chi connectivity index (χ0v) is 7.05. The van der Waals surface area contributed by atoms with Gasteiger partial charge in [0.2, 0.25) is 10.0 Å². The average molecular weight is 168 g/mol. The molecule has 6 heteroatoms. The monoisotopic (exact) mass is 168 g/mol. The molecular weight excluding hydrogens is 156 g/mol. The highest BCUT2D eigenvalue weighted by Crippen LogP contribution is 1.99. The highest BCUT2D eigenvalue weighted by atomic mass is 32.2. The van der Waals surface area contributed by atoms with Crippen LogP contribution in [0.15, 0.2) is 0 Å². The summed E-state index contributed by atoms with van der Waals surface area (Å²) in [7, 11) is -0.641. The second kappa shape index (κ2) is 3.29. The third-order valence-electron chi connectivity index (χ3n) is 1.28. The van der Waals surface area contributed by atoms with Gasteiger partial charge in [-0.25, -0.2) is 13.6 Å². The normalized spacial score (nSPS) is 15.7. The minimum Gasteiger partial charge on any atom is -0.301 e. The van der Waals surface area contributed by atoms with Crippen molar-refractivity contribution in [1.82, 2.24) is 5.06 Å². The molecule has 0 aromatic heterocycles. The van der Waals surface area contributed by atoms with E-state index in [1.807, 2.05) is 0 Å². The minimum atomic E-state index is -3.51. The molecular formula is C4H12N2O3S. The molecule has 0 fully saturated rings. The smallest absolute Gasteiger partial charge is 0.227 e. The third-order valence-corrected chi connectivity index (χ3v) is 2.52. The van der Waals surface area contributed by atoms with Gasteiger partial charge in [-0.3, -0.25) is 0 Å². The molecule has 5 nitrogen and oxygen atoms in total. The maximum Gasteiger partial charge on any atom is 0.227 e. The molecule has 0 aliphatic heterocycles. The van der Waals surface area contributed by atoms with E-state index < -0.39 is 15.4 Å². The van der Waals surface area contributed by atoms with Gasteiger partial charge in [0, 0.05) is 7.05 Å². The van der Waals surface area contributed by atoms with Crippen LogP contribution in [0.25, 0.3) is 0 Å². The second-order valence-corrected chi connectivity index (χ2v) is 3.78. The van der Waals surface area contributed by atoms with Crippen molar-refractivity contribution >= 4 is 10.0 Å². The van der Waals surface area contributed by atoms with Crippen LogP contribution < -0.4 is 5.14 Å². The van der Waals surface area contributed by atoms with Crippen LogP contribution in [0, 0.1) is 0 Å². The standard InChI is InChI=1S/C4H12N2O3S/c1-4(6(2)9-3)10(5,7)8/h4H,1-3H3,(H2,5,7,8). The minimum absolute atomic E-state index is 0.808. The van der Waals surface area contributed by atoms with Gasteiger partial charge in [-0.1, -0.05) is 0 Å². The second-order valence-electron chi connectivity index (χ2n) is 1.92. The lowest BCUT2D eigenvalue weighted by molar-refractivity contribution is -0.116. The van der Waals surface area contributed by atoms with E-state index in [2.05, 4.69) is 4.84 Å². The quantitative estimate of drug-likeness (QED) is 0.555. The lowest BCUT2D eigenvalue weighted by atomic mass is 10.7. The Labute approximate surface area is 60.8 Å². The number of nitrogens with two attached hydrogens (primary N) is 1. The Bertz CT molecular complexity index is 189. The molecule has 0 aromatic rings. The topological polar surface area (TPSA) is 72.6 Å². The first-order valence-corrected chi connectivity index (χ1v) is 4.29. The zero-order chi connectivity index (χ0) is 8.36. The third kappa shape index (κ3) is 2.61. The number of hydrogen-bond acceptors (Lipinski definition) is 4. The molecule has 0 heterocycles. The van der Waals surface area contributed by atoms with Crippen LogP contribution in [-0.2, 0) is 14.9 Å². The summed E-state index contributed by atoms with van der Waals surface area (Å²) in [6.07, 6.45) is 0. The van der Waals surface area contributed by atoms with Gasteiger partial charge >= 0.3 is 0 Å². The molecule has 10 heavy (non-hydrogen) atoms. The Balaban J connectivity index is 4.23. The van der Waals surface area contributed by atoms with Crippen LogP contribution in [0.3, 0.4) is 0 Å². The summed E-state index contributed by atoms with van der Waals surface area (Å²) in [5.41, 5.74) is 0. The number of hydrogen-bond donors (Lipinski definition) is 1. The molecule has 0 spiro atoms. The largest absolute Gasteiger partial charge is 0.301 e. The van der Waals surface area contributed by atoms with Gasteiger partial charge in [0.1, 0.15) is 5.37 Å². The maximum atomic E-state index is 10.6. The Kier molecular flexibility index (Phi) is 3.23. The molecule has 0 aliphatic rings. The molecule has 1 unspecified atom stereocenters. The fourth-order valence-electron chi connectivity index (χ4n) is 0.355. The van der Waals surface area contributed by atoms with Gasteiger partial charge in [-0.15, -0.1) is 0 Å². The SMILES string of the molecule is CON(C)C(C)S(N)(=O)=O. The van der Waals surface area contributed by atoms with Gasteiger partial charge in [-0.2, -0.15) is 5.06 Å². The fraction of sp³-hybridized carbons (Fsp3) is 1.00. The Morgan fingerprint density at radius 3 is 2.10 bits per heavy atom. The first-order chi connectivity index (χ1) is 4.39. The highest BCUT2D eigenvalue weighted by Gasteiger charge is 2.19. The van der Waals surface area contributed by atoms with E-state index in [9.17, 15) is 8.42 Å². The molecule has 0 aromatic carbocycles. The van der Waals surface area contributed by atoms with Gasteiger partial charge in [-0.05, 0) is 6.92 Å². The summed E-state index contributed by atoms with van der Waals surface area (Å²) in [5, 5.41) is 5.16. The Hall–Kier alpha value is -0.170. The summed E-state index contributed by atoms with van der Waals surface area (Å²) >= 11 is 0. The Morgan fingerprint density at radius 2 is 2.00 bits per heavy atom. The number of nitrogens with zero attached hydrogens (tertiary/aromatic N) is 1. The van der Waals surface area contributed by atoms with E-state index in [0.717, 1.165) is 5.06 Å². The van der Waals surface area contributed by atoms with Crippen molar-refractivity contribution < 1.29 is 13.3 Å². The zero-order valence-electron chi connectivity index (χ0n) is 6.23. The van der Waals surface area contributed by atoms with Crippen molar-refractivity contribution in [2.75, 3.05) is 14.2 Å². The maximum absolute atomic E-state index is 10.6. The molecule has 0 radical (unpaired) electrons. The van der Waals surface area contributed by atoms with Crippen LogP contribution in [-0.4, -0.2) is 33.0 Å². The van der Waals surface area contributed by atoms with Crippen molar-refractivity contribution in [2.24, 2.45) is 5.14 Å². The number of primary sulfonamides is 1. The molecule has 62 valence electrons. The summed E-state index contributed by atoms with van der Waals surface area (Å²) in [4.78, 5) is 4.61. The van der Waals surface area contributed by atoms with E-state index in [1.165, 1.54) is 21.1 Å². The lowest BCUT2D eigenvalue weighted by Crippen LogP contribution is -2.39. The van der Waals surface area contributed by atoms with Crippen molar-refractivity contribution in [3.8, 4) is 0 Å². The molecule has 0 rings (SSSR count). The van der Waals surface area contributed by atoms with Gasteiger partial charge < -0.3 is 4.84 Å². The van der Waals surface area contributed by atoms with Crippen LogP contribution in [0.5, 0.6) is 0 Å². The van der Waals surface area contributed by atoms with E-state index in [4.69, 9.17) is 5.14 Å². The molecule has 0 saturated heterocycles. The predicted octanol–water partition coefficient (Wildman–Crippen LogP) is -0.886. The molecule has 1 atom stereocenters. The van der Waals surface area contributed by atoms with E-state index in [0.29, 0.717) is 0 Å². The first kappa shape index (κ1) is 9.83. The summed E-state index contributed by atoms with van der Waals surface area (Å²) in [5.74, 6) is 0. The number of sulfonamides is 1. The Morgan fingerprint density at radius 1 is 1.60 bits per heavy atom. The molecule has 0 saturated carbocycles. The van der Waals surface area contributed by atoms with Crippen molar-refractivity contribution in [3.05, 3.63) is 0 Å². The summed E-state index contributed by atoms with van der Waals surface area (Å²) in [6, 6.07) is 0. The molecule has 0 amide bonds. The number of hydroxylamine groups is 2. The summed E-state index contributed by atoms with van der Waals surface area (Å²) in [6.45, 7) is 1.44. The van der Waals surface area contributed by atoms with Crippen molar-refractivity contribution in [1.29, 1.82) is 0 Å². The van der Waals surface area contributed by atoms with E-state index in [-0.39, 0.29) is 0 Å². The molecule has 0 bridgehead atoms. The lowest BCUT2D eigenvalue weighted by Gasteiger charge is -2.19. The van der Waals surface area contributed by atoms with Gasteiger partial charge in [0.05, 0.1) is 7.11 Å². The average Bonchev–Trinajstić information content (AvgIpc) is 1.83. The predicted molar refractivity (Wildman–Crippen MR) is 37.3 cm³/mol. The van der Waals surface area contributed by atoms with E-state index >= 15 is 0 Å². The van der Waals surface area contributed by atoms with Gasteiger partial charge in [0.15, 0.2) is 0 Å². The van der Waals surface area contributed by atoms with Crippen LogP contribution in [0.2, 0.25) is 0 Å². The highest BCUT2D eigenvalue weighted by molar-refractivity contribution is 7.89. The van der Waals surface area contributed by atoms with E-state index in [1.54, 1.807) is 0 Å². The fourth-order valence-corrected chi connectivity index (χ4v) is 0.855. The van der Waals surface area contributed by atoms with Gasteiger partial charge in [0.25, 0.3) is 0 Å². The first-order valence-electron chi connectivity index (χ1n) is 2.68. The van der Waals surface area contributed by atoms with Crippen LogP contribution >= 0.6 is 0 Å². The van der Waals surface area contributed by atoms with Crippen LogP contribution in [0.4, 0.5) is 0 Å². The van der Waals surface area contributed by atoms with Crippen molar-refractivity contribution in [3.63, 3.8) is 0 Å². The summed E-state index contributed by atoms with van der Waals surface area (Å²) < 4.78 is 21.2. The molecule has 2 N–H and O–H groups in total. The number of rotatable bonds is 3. The molecule has 0 aliphatic carbocycles.